The molecule has 0 radical (unpaired) electrons. The van der Waals surface area contributed by atoms with Gasteiger partial charge >= 0.3 is 13.2 Å². The fourth-order valence-corrected chi connectivity index (χ4v) is 1.12. The van der Waals surface area contributed by atoms with E-state index in [1.807, 2.05) is 30.3 Å². The van der Waals surface area contributed by atoms with Crippen molar-refractivity contribution in [1.82, 2.24) is 4.57 Å². The van der Waals surface area contributed by atoms with Gasteiger partial charge in [-0.25, -0.2) is 13.9 Å². The van der Waals surface area contributed by atoms with Crippen molar-refractivity contribution in [3.05, 3.63) is 18.7 Å². The van der Waals surface area contributed by atoms with Crippen LogP contribution in [-0.2, 0) is 23.1 Å². The summed E-state index contributed by atoms with van der Waals surface area (Å²) < 4.78 is 47.7. The highest BCUT2D eigenvalue weighted by molar-refractivity contribution is 6.50. The molecule has 0 saturated heterocycles. The van der Waals surface area contributed by atoms with Gasteiger partial charge in [-0.05, 0) is 6.42 Å². The van der Waals surface area contributed by atoms with Crippen LogP contribution in [0.1, 0.15) is 19.8 Å². The van der Waals surface area contributed by atoms with Gasteiger partial charge in [-0.1, -0.05) is 13.3 Å². The van der Waals surface area contributed by atoms with Crippen LogP contribution in [0, 0.1) is 0 Å². The van der Waals surface area contributed by atoms with Crippen LogP contribution in [0.5, 0.6) is 0 Å². The van der Waals surface area contributed by atoms with Crippen LogP contribution in [0.3, 0.4) is 0 Å². The number of unbranched alkanes of at least 4 members (excludes halogenated alkanes) is 1. The van der Waals surface area contributed by atoms with Crippen LogP contribution in [0.2, 0.25) is 0 Å². The van der Waals surface area contributed by atoms with Gasteiger partial charge in [0.2, 0.25) is 6.33 Å². The number of aromatic nitrogens is 2. The van der Waals surface area contributed by atoms with E-state index in [9.17, 15) is 22.1 Å². The van der Waals surface area contributed by atoms with Gasteiger partial charge in [0.25, 0.3) is 0 Å². The molecule has 0 aromatic carbocycles. The Hall–Kier alpha value is -1.54. The third kappa shape index (κ3) is 12.7. The summed E-state index contributed by atoms with van der Waals surface area (Å²) in [5.41, 5.74) is 0. The molecular weight excluding hydrogens is 267 g/mol. The van der Waals surface area contributed by atoms with Gasteiger partial charge in [0.05, 0.1) is 13.7 Å². The summed E-state index contributed by atoms with van der Waals surface area (Å²) in [6.45, 7) is 2.90. The lowest BCUT2D eigenvalue weighted by Gasteiger charge is -2.00. The minimum atomic E-state index is -6.00. The lowest BCUT2D eigenvalue weighted by atomic mass is 10.3. The number of nitrogens with zero attached hydrogens (tertiary/aromatic N) is 2. The highest BCUT2D eigenvalue weighted by atomic mass is 19.5. The first-order chi connectivity index (χ1) is 8.72. The average molecular weight is 284 g/mol. The van der Waals surface area contributed by atoms with Crippen LogP contribution in [0.25, 0.3) is 0 Å². The maximum atomic E-state index is 11.2. The molecule has 0 atom stereocenters. The Morgan fingerprint density at radius 3 is 2.37 bits per heavy atom. The number of rotatable bonds is 5. The highest BCUT2D eigenvalue weighted by Crippen LogP contribution is 2.06. The van der Waals surface area contributed by atoms with Gasteiger partial charge in [-0.2, -0.15) is 0 Å². The SMILES string of the molecule is CCCCOC(=O)Cn1cc[n+](C)c1.F[B-](F)(F)F. The van der Waals surface area contributed by atoms with Crippen molar-refractivity contribution >= 4 is 13.2 Å². The Morgan fingerprint density at radius 1 is 1.37 bits per heavy atom. The second-order valence-electron chi connectivity index (χ2n) is 3.82. The Bertz CT molecular complexity index is 376. The van der Waals surface area contributed by atoms with Crippen molar-refractivity contribution in [2.24, 2.45) is 7.05 Å². The molecule has 0 unspecified atom stereocenters. The number of aryl methyl sites for hydroxylation is 1. The zero-order chi connectivity index (χ0) is 14.9. The van der Waals surface area contributed by atoms with Gasteiger partial charge in [0.15, 0.2) is 6.54 Å². The predicted octanol–water partition coefficient (Wildman–Crippen LogP) is 1.96. The standard InChI is InChI=1S/C10H17N2O2.BF4/c1-3-4-7-14-10(13)8-12-6-5-11(2)9-12;2-1(3,4)5/h5-6,9H,3-4,7-8H2,1-2H3;/q+1;-1. The molecule has 1 aromatic heterocycles. The summed E-state index contributed by atoms with van der Waals surface area (Å²) in [6, 6.07) is 0. The summed E-state index contributed by atoms with van der Waals surface area (Å²) in [4.78, 5) is 11.2. The summed E-state index contributed by atoms with van der Waals surface area (Å²) in [5.74, 6) is -0.172. The molecule has 0 fully saturated rings. The molecule has 1 aromatic rings. The van der Waals surface area contributed by atoms with E-state index < -0.39 is 7.25 Å². The molecule has 1 rings (SSSR count). The van der Waals surface area contributed by atoms with Crippen LogP contribution in [-0.4, -0.2) is 24.4 Å². The number of carbonyl (C=O) groups is 1. The van der Waals surface area contributed by atoms with Gasteiger partial charge < -0.3 is 22.0 Å². The van der Waals surface area contributed by atoms with E-state index in [1.54, 1.807) is 4.57 Å². The Morgan fingerprint density at radius 2 is 1.95 bits per heavy atom. The molecule has 0 saturated carbocycles. The molecule has 0 amide bonds. The smallest absolute Gasteiger partial charge is 0.463 e. The minimum absolute atomic E-state index is 0.172. The van der Waals surface area contributed by atoms with Crippen molar-refractivity contribution in [3.8, 4) is 0 Å². The fraction of sp³-hybridized carbons (Fsp3) is 0.600. The largest absolute Gasteiger partial charge is 0.673 e. The molecule has 4 nitrogen and oxygen atoms in total. The molecule has 0 aliphatic rings. The molecule has 110 valence electrons. The summed E-state index contributed by atoms with van der Waals surface area (Å²) in [5, 5.41) is 0. The Labute approximate surface area is 109 Å². The van der Waals surface area contributed by atoms with Crippen LogP contribution in [0.15, 0.2) is 18.7 Å². The predicted molar refractivity (Wildman–Crippen MR) is 61.7 cm³/mol. The molecule has 0 spiro atoms. The normalized spacial score (nSPS) is 10.6. The van der Waals surface area contributed by atoms with E-state index in [2.05, 4.69) is 6.92 Å². The van der Waals surface area contributed by atoms with Gasteiger partial charge in [0.1, 0.15) is 12.4 Å². The molecule has 9 heteroatoms. The number of esters is 1. The lowest BCUT2D eigenvalue weighted by molar-refractivity contribution is -0.671. The topological polar surface area (TPSA) is 35.1 Å². The second kappa shape index (κ2) is 8.55. The first-order valence-electron chi connectivity index (χ1n) is 5.76. The lowest BCUT2D eigenvalue weighted by Crippen LogP contribution is -2.24. The molecule has 0 bridgehead atoms. The monoisotopic (exact) mass is 284 g/mol. The average Bonchev–Trinajstić information content (AvgIpc) is 2.62. The van der Waals surface area contributed by atoms with E-state index >= 15 is 0 Å². The van der Waals surface area contributed by atoms with Crippen LogP contribution < -0.4 is 4.57 Å². The number of carbonyl (C=O) groups excluding carboxylic acids is 1. The van der Waals surface area contributed by atoms with Gasteiger partial charge in [-0.15, -0.1) is 0 Å². The molecule has 0 N–H and O–H groups in total. The summed E-state index contributed by atoms with van der Waals surface area (Å²) in [6.07, 6.45) is 7.57. The first-order valence-corrected chi connectivity index (χ1v) is 5.76. The van der Waals surface area contributed by atoms with E-state index in [-0.39, 0.29) is 5.97 Å². The highest BCUT2D eigenvalue weighted by Gasteiger charge is 2.20. The van der Waals surface area contributed by atoms with E-state index in [1.165, 1.54) is 0 Å². The second-order valence-corrected chi connectivity index (χ2v) is 3.82. The van der Waals surface area contributed by atoms with E-state index in [4.69, 9.17) is 4.74 Å². The van der Waals surface area contributed by atoms with Crippen molar-refractivity contribution in [3.63, 3.8) is 0 Å². The molecular formula is C10H17BF4N2O2. The number of hydrogen-bond acceptors (Lipinski definition) is 2. The maximum Gasteiger partial charge on any atom is 0.673 e. The van der Waals surface area contributed by atoms with Crippen molar-refractivity contribution in [2.45, 2.75) is 26.3 Å². The molecule has 19 heavy (non-hydrogen) atoms. The Balaban J connectivity index is 0.000000555. The van der Waals surface area contributed by atoms with Crippen LogP contribution in [0.4, 0.5) is 17.3 Å². The quantitative estimate of drug-likeness (QED) is 0.272. The number of hydrogen-bond donors (Lipinski definition) is 0. The van der Waals surface area contributed by atoms with Gasteiger partial charge in [0, 0.05) is 0 Å². The summed E-state index contributed by atoms with van der Waals surface area (Å²) in [7, 11) is -4.08. The van der Waals surface area contributed by atoms with E-state index in [0.29, 0.717) is 13.2 Å². The minimum Gasteiger partial charge on any atom is -0.463 e. The van der Waals surface area contributed by atoms with Crippen molar-refractivity contribution in [1.29, 1.82) is 0 Å². The molecule has 0 aliphatic carbocycles. The van der Waals surface area contributed by atoms with Crippen LogP contribution >= 0.6 is 0 Å². The third-order valence-electron chi connectivity index (χ3n) is 1.90. The fourth-order valence-electron chi connectivity index (χ4n) is 1.12. The zero-order valence-corrected chi connectivity index (χ0v) is 10.9. The molecule has 1 heterocycles. The first kappa shape index (κ1) is 17.5. The van der Waals surface area contributed by atoms with Crippen molar-refractivity contribution in [2.75, 3.05) is 6.61 Å². The number of halogens is 4. The Kier molecular flexibility index (Phi) is 7.86. The number of ether oxygens (including phenoxy) is 1. The van der Waals surface area contributed by atoms with E-state index in [0.717, 1.165) is 12.8 Å². The van der Waals surface area contributed by atoms with Crippen molar-refractivity contribution < 1.29 is 31.4 Å². The third-order valence-corrected chi connectivity index (χ3v) is 1.90. The zero-order valence-electron chi connectivity index (χ0n) is 10.9. The summed E-state index contributed by atoms with van der Waals surface area (Å²) >= 11 is 0. The number of imidazole rings is 1. The maximum absolute atomic E-state index is 11.2. The molecule has 0 aliphatic heterocycles. The van der Waals surface area contributed by atoms with Gasteiger partial charge in [-0.3, -0.25) is 0 Å².